The van der Waals surface area contributed by atoms with E-state index in [4.69, 9.17) is 4.74 Å². The van der Waals surface area contributed by atoms with Gasteiger partial charge in [0.2, 0.25) is 5.91 Å². The first-order chi connectivity index (χ1) is 15.9. The lowest BCUT2D eigenvalue weighted by molar-refractivity contribution is -0.920. The summed E-state index contributed by atoms with van der Waals surface area (Å²) in [6.45, 7) is 5.17. The zero-order valence-corrected chi connectivity index (χ0v) is 23.7. The van der Waals surface area contributed by atoms with E-state index in [0.29, 0.717) is 6.04 Å². The highest BCUT2D eigenvalue weighted by Gasteiger charge is 2.34. The fraction of sp³-hybridized carbons (Fsp3) is 0.536. The molecule has 4 nitrogen and oxygen atoms in total. The van der Waals surface area contributed by atoms with Gasteiger partial charge in [0.05, 0.1) is 39.9 Å². The number of quaternary nitrogens is 1. The number of carbonyl (C=O) groups is 1. The number of hydrogen-bond acceptors (Lipinski definition) is 3. The number of amides is 1. The summed E-state index contributed by atoms with van der Waals surface area (Å²) in [7, 11) is 4.78. The average molecular weight is 595 g/mol. The lowest BCUT2D eigenvalue weighted by Gasteiger charge is -2.43. The lowest BCUT2D eigenvalue weighted by atomic mass is 9.84. The molecule has 1 saturated heterocycles. The van der Waals surface area contributed by atoms with Crippen LogP contribution in [0.15, 0.2) is 42.5 Å². The molecule has 0 spiro atoms. The van der Waals surface area contributed by atoms with Crippen LogP contribution in [0, 0.1) is 12.8 Å². The first kappa shape index (κ1) is 27.4. The molecular weight excluding hydrogens is 555 g/mol. The number of halogens is 1. The molecule has 1 N–H and O–H groups in total. The third-order valence-corrected chi connectivity index (χ3v) is 8.56. The van der Waals surface area contributed by atoms with Crippen molar-refractivity contribution < 1.29 is 38.0 Å². The van der Waals surface area contributed by atoms with Crippen molar-refractivity contribution in [3.63, 3.8) is 0 Å². The second kappa shape index (κ2) is 12.7. The maximum atomic E-state index is 12.5. The molecule has 2 aliphatic rings. The number of aryl methyl sites for hydroxylation is 1. The van der Waals surface area contributed by atoms with E-state index >= 15 is 0 Å². The summed E-state index contributed by atoms with van der Waals surface area (Å²) >= 11 is 1.72. The van der Waals surface area contributed by atoms with Crippen LogP contribution in [0.2, 0.25) is 0 Å². The van der Waals surface area contributed by atoms with E-state index < -0.39 is 0 Å². The topological polar surface area (TPSA) is 38.3 Å². The van der Waals surface area contributed by atoms with Gasteiger partial charge in [0, 0.05) is 40.6 Å². The zero-order chi connectivity index (χ0) is 23.3. The van der Waals surface area contributed by atoms with Gasteiger partial charge in [0.25, 0.3) is 0 Å². The van der Waals surface area contributed by atoms with Gasteiger partial charge in [-0.3, -0.25) is 4.79 Å². The first-order valence-corrected chi connectivity index (χ1v) is 13.3. The van der Waals surface area contributed by atoms with Gasteiger partial charge in [-0.2, -0.15) is 0 Å². The molecular formula is C28H39IN2O2S. The van der Waals surface area contributed by atoms with E-state index in [-0.39, 0.29) is 29.9 Å². The van der Waals surface area contributed by atoms with Crippen molar-refractivity contribution in [2.75, 3.05) is 33.9 Å². The summed E-state index contributed by atoms with van der Waals surface area (Å²) in [6.07, 6.45) is 10.6. The zero-order valence-electron chi connectivity index (χ0n) is 20.8. The normalized spacial score (nSPS) is 21.9. The van der Waals surface area contributed by atoms with Crippen LogP contribution < -0.4 is 29.3 Å². The second-order valence-corrected chi connectivity index (χ2v) is 11.5. The highest BCUT2D eigenvalue weighted by atomic mass is 127. The Hall–Kier alpha value is -1.22. The van der Waals surface area contributed by atoms with Crippen molar-refractivity contribution in [2.45, 2.75) is 57.5 Å². The molecule has 1 aromatic carbocycles. The molecule has 0 bridgehead atoms. The predicted molar refractivity (Wildman–Crippen MR) is 138 cm³/mol. The van der Waals surface area contributed by atoms with Crippen molar-refractivity contribution in [3.05, 3.63) is 52.9 Å². The minimum absolute atomic E-state index is 0. The van der Waals surface area contributed by atoms with Crippen molar-refractivity contribution in [1.29, 1.82) is 0 Å². The standard InChI is InChI=1S/C28H38N2O2S.HI/c1-21-4-8-23(9-5-21)27-14-12-26(33-27)13-15-28(31)29-24-10-6-22(7-11-24)20-30(2,3)25-16-18-32-19-17-25;/h4-5,8-9,12-15,22,24-25H,6-7,10-11,16-20H2,1-3H3;1H/b15-13+;/t22-,24-;. The van der Waals surface area contributed by atoms with Crippen molar-refractivity contribution in [2.24, 2.45) is 5.92 Å². The molecule has 1 aromatic heterocycles. The summed E-state index contributed by atoms with van der Waals surface area (Å²) in [5, 5.41) is 3.24. The Morgan fingerprint density at radius 2 is 1.71 bits per heavy atom. The molecule has 6 heteroatoms. The van der Waals surface area contributed by atoms with Crippen LogP contribution in [-0.2, 0) is 9.53 Å². The minimum Gasteiger partial charge on any atom is -1.00 e. The van der Waals surface area contributed by atoms with Crippen LogP contribution in [0.5, 0.6) is 0 Å². The quantitative estimate of drug-likeness (QED) is 0.304. The molecule has 1 aliphatic heterocycles. The number of rotatable bonds is 7. The summed E-state index contributed by atoms with van der Waals surface area (Å²) in [5.41, 5.74) is 2.49. The van der Waals surface area contributed by atoms with Gasteiger partial charge in [0.1, 0.15) is 0 Å². The molecule has 1 amide bonds. The number of carbonyl (C=O) groups excluding carboxylic acids is 1. The monoisotopic (exact) mass is 594 g/mol. The van der Waals surface area contributed by atoms with E-state index in [1.54, 1.807) is 17.4 Å². The Morgan fingerprint density at radius 1 is 1.03 bits per heavy atom. The van der Waals surface area contributed by atoms with Crippen molar-refractivity contribution >= 4 is 23.3 Å². The molecule has 2 heterocycles. The fourth-order valence-corrected chi connectivity index (χ4v) is 6.33. The highest BCUT2D eigenvalue weighted by molar-refractivity contribution is 7.16. The molecule has 2 fully saturated rings. The van der Waals surface area contributed by atoms with E-state index in [1.165, 1.54) is 48.2 Å². The third kappa shape index (κ3) is 7.64. The predicted octanol–water partition coefficient (Wildman–Crippen LogP) is 2.67. The van der Waals surface area contributed by atoms with E-state index in [0.717, 1.165) is 47.4 Å². The molecule has 2 aromatic rings. The van der Waals surface area contributed by atoms with Gasteiger partial charge >= 0.3 is 0 Å². The lowest BCUT2D eigenvalue weighted by Crippen LogP contribution is -3.00. The van der Waals surface area contributed by atoms with E-state index in [1.807, 2.05) is 6.08 Å². The molecule has 0 radical (unpaired) electrons. The summed E-state index contributed by atoms with van der Waals surface area (Å²) in [6, 6.07) is 13.8. The molecule has 186 valence electrons. The van der Waals surface area contributed by atoms with Crippen LogP contribution in [0.4, 0.5) is 0 Å². The summed E-state index contributed by atoms with van der Waals surface area (Å²) in [5.74, 6) is 0.792. The smallest absolute Gasteiger partial charge is 0.244 e. The van der Waals surface area contributed by atoms with Crippen LogP contribution in [-0.4, -0.2) is 56.3 Å². The second-order valence-electron chi connectivity index (χ2n) is 10.4. The molecule has 0 unspecified atom stereocenters. The van der Waals surface area contributed by atoms with Crippen molar-refractivity contribution in [1.82, 2.24) is 5.32 Å². The molecule has 1 aliphatic carbocycles. The Balaban J connectivity index is 0.00000324. The van der Waals surface area contributed by atoms with E-state index in [2.05, 4.69) is 62.7 Å². The number of hydrogen-bond donors (Lipinski definition) is 1. The molecule has 0 atom stereocenters. The van der Waals surface area contributed by atoms with Gasteiger partial charge in [0.15, 0.2) is 0 Å². The van der Waals surface area contributed by atoms with Gasteiger partial charge in [-0.15, -0.1) is 11.3 Å². The van der Waals surface area contributed by atoms with Crippen LogP contribution in [0.1, 0.15) is 49.0 Å². The van der Waals surface area contributed by atoms with Crippen LogP contribution in [0.3, 0.4) is 0 Å². The number of benzene rings is 1. The third-order valence-electron chi connectivity index (χ3n) is 7.46. The fourth-order valence-electron chi connectivity index (χ4n) is 5.41. The van der Waals surface area contributed by atoms with Gasteiger partial charge < -0.3 is 38.5 Å². The number of nitrogens with zero attached hydrogens (tertiary/aromatic N) is 1. The highest BCUT2D eigenvalue weighted by Crippen LogP contribution is 2.30. The number of nitrogens with one attached hydrogen (secondary N) is 1. The minimum atomic E-state index is 0. The molecule has 1 saturated carbocycles. The number of ether oxygens (including phenoxy) is 1. The summed E-state index contributed by atoms with van der Waals surface area (Å²) < 4.78 is 6.66. The van der Waals surface area contributed by atoms with Crippen LogP contribution in [0.25, 0.3) is 16.5 Å². The van der Waals surface area contributed by atoms with Gasteiger partial charge in [-0.25, -0.2) is 0 Å². The van der Waals surface area contributed by atoms with E-state index in [9.17, 15) is 4.79 Å². The summed E-state index contributed by atoms with van der Waals surface area (Å²) in [4.78, 5) is 14.8. The molecule has 4 rings (SSSR count). The Bertz CT molecular complexity index is 940. The first-order valence-electron chi connectivity index (χ1n) is 12.4. The SMILES string of the molecule is Cc1ccc(-c2ccc(/C=C/C(=O)N[C@H]3CC[C@H](C[N+](C)(C)C4CCOCC4)CC3)s2)cc1.[I-]. The number of thiophene rings is 1. The Labute approximate surface area is 226 Å². The van der Waals surface area contributed by atoms with Crippen molar-refractivity contribution in [3.8, 4) is 10.4 Å². The largest absolute Gasteiger partial charge is 1.00 e. The van der Waals surface area contributed by atoms with Gasteiger partial charge in [-0.1, -0.05) is 29.8 Å². The van der Waals surface area contributed by atoms with Crippen LogP contribution >= 0.6 is 11.3 Å². The Kier molecular flexibility index (Phi) is 10.2. The maximum absolute atomic E-state index is 12.5. The van der Waals surface area contributed by atoms with Gasteiger partial charge in [-0.05, 0) is 56.4 Å². The molecule has 34 heavy (non-hydrogen) atoms. The average Bonchev–Trinajstić information content (AvgIpc) is 3.29. The maximum Gasteiger partial charge on any atom is 0.244 e. The Morgan fingerprint density at radius 3 is 2.38 bits per heavy atom.